The van der Waals surface area contributed by atoms with Crippen LogP contribution in [0.5, 0.6) is 5.75 Å². The molecule has 0 aliphatic rings. The van der Waals surface area contributed by atoms with Crippen LogP contribution in [0.4, 0.5) is 0 Å². The van der Waals surface area contributed by atoms with Crippen LogP contribution >= 0.6 is 0 Å². The van der Waals surface area contributed by atoms with Crippen molar-refractivity contribution in [2.24, 2.45) is 5.73 Å². The Morgan fingerprint density at radius 3 is 2.46 bits per heavy atom. The third kappa shape index (κ3) is 8.64. The molecule has 0 fully saturated rings. The lowest BCUT2D eigenvalue weighted by atomic mass is 9.95. The van der Waals surface area contributed by atoms with E-state index >= 15 is 0 Å². The van der Waals surface area contributed by atoms with Gasteiger partial charge in [-0.25, -0.2) is 4.98 Å². The molecule has 1 aromatic heterocycles. The van der Waals surface area contributed by atoms with Gasteiger partial charge in [-0.1, -0.05) is 45.0 Å². The van der Waals surface area contributed by atoms with Crippen LogP contribution in [0.2, 0.25) is 0 Å². The molecule has 10 nitrogen and oxygen atoms in total. The lowest BCUT2D eigenvalue weighted by Crippen LogP contribution is -2.45. The number of nitrogens with one attached hydrogen (secondary N) is 2. The molecule has 5 N–H and O–H groups in total. The number of nitrogens with zero attached hydrogens (tertiary/aromatic N) is 3. The van der Waals surface area contributed by atoms with Crippen LogP contribution in [-0.4, -0.2) is 58.3 Å². The van der Waals surface area contributed by atoms with Gasteiger partial charge < -0.3 is 30.8 Å². The highest BCUT2D eigenvalue weighted by Crippen LogP contribution is 2.27. The molecular formula is C31H40N6O4. The molecule has 3 aromatic rings. The third-order valence-corrected chi connectivity index (χ3v) is 6.30. The van der Waals surface area contributed by atoms with Crippen LogP contribution < -0.4 is 21.1 Å². The van der Waals surface area contributed by atoms with Crippen LogP contribution in [0.1, 0.15) is 61.9 Å². The van der Waals surface area contributed by atoms with Crippen LogP contribution in [0.3, 0.4) is 0 Å². The summed E-state index contributed by atoms with van der Waals surface area (Å²) in [4.78, 5) is 29.7. The number of carbonyl (C=O) groups excluding carboxylic acids is 2. The first-order valence-electron chi connectivity index (χ1n) is 13.7. The van der Waals surface area contributed by atoms with Gasteiger partial charge in [0.15, 0.2) is 0 Å². The topological polar surface area (TPSA) is 155 Å². The molecule has 0 bridgehead atoms. The van der Waals surface area contributed by atoms with Gasteiger partial charge in [-0.15, -0.1) is 0 Å². The van der Waals surface area contributed by atoms with Crippen LogP contribution in [0.25, 0.3) is 11.3 Å². The van der Waals surface area contributed by atoms with Gasteiger partial charge in [-0.05, 0) is 44.0 Å². The number of aliphatic hydroxyl groups excluding tert-OH is 1. The number of hydrogen-bond donors (Lipinski definition) is 4. The summed E-state index contributed by atoms with van der Waals surface area (Å²) >= 11 is 0. The SMILES string of the molecule is CC(C)Oc1ccc(C(=O)N[C@H](CNC(=O)CO)Cc2ccc(-c3cn(CCN)c(C(C)(C)C)n3)cc2)cc1C#N. The molecule has 2 amide bonds. The van der Waals surface area contributed by atoms with E-state index in [1.54, 1.807) is 12.1 Å². The fraction of sp³-hybridized carbons (Fsp3) is 0.419. The molecule has 2 aromatic carbocycles. The molecule has 0 aliphatic carbocycles. The van der Waals surface area contributed by atoms with Gasteiger partial charge in [0.1, 0.15) is 24.3 Å². The predicted molar refractivity (Wildman–Crippen MR) is 157 cm³/mol. The quantitative estimate of drug-likeness (QED) is 0.265. The Labute approximate surface area is 241 Å². The Morgan fingerprint density at radius 2 is 1.88 bits per heavy atom. The lowest BCUT2D eigenvalue weighted by molar-refractivity contribution is -0.123. The molecular weight excluding hydrogens is 520 g/mol. The maximum Gasteiger partial charge on any atom is 0.251 e. The minimum atomic E-state index is -0.647. The number of aliphatic hydroxyl groups is 1. The minimum absolute atomic E-state index is 0.116. The Morgan fingerprint density at radius 1 is 1.17 bits per heavy atom. The fourth-order valence-electron chi connectivity index (χ4n) is 4.41. The van der Waals surface area contributed by atoms with Gasteiger partial charge >= 0.3 is 0 Å². The molecule has 3 rings (SSSR count). The average molecular weight is 561 g/mol. The van der Waals surface area contributed by atoms with Crippen molar-refractivity contribution >= 4 is 11.8 Å². The Balaban J connectivity index is 1.79. The number of carbonyl (C=O) groups is 2. The van der Waals surface area contributed by atoms with E-state index in [0.29, 0.717) is 30.8 Å². The van der Waals surface area contributed by atoms with E-state index < -0.39 is 24.5 Å². The zero-order valence-corrected chi connectivity index (χ0v) is 24.4. The zero-order valence-electron chi connectivity index (χ0n) is 24.4. The molecule has 10 heteroatoms. The lowest BCUT2D eigenvalue weighted by Gasteiger charge is -2.20. The number of amides is 2. The molecule has 0 spiro atoms. The number of benzene rings is 2. The molecule has 1 atom stereocenters. The summed E-state index contributed by atoms with van der Waals surface area (Å²) in [6.45, 7) is 10.7. The van der Waals surface area contributed by atoms with Crippen LogP contribution in [0, 0.1) is 11.3 Å². The third-order valence-electron chi connectivity index (χ3n) is 6.30. The molecule has 0 aliphatic heterocycles. The van der Waals surface area contributed by atoms with E-state index in [0.717, 1.165) is 22.6 Å². The van der Waals surface area contributed by atoms with Crippen molar-refractivity contribution in [1.29, 1.82) is 5.26 Å². The van der Waals surface area contributed by atoms with E-state index in [1.807, 2.05) is 44.3 Å². The fourth-order valence-corrected chi connectivity index (χ4v) is 4.41. The Bertz CT molecular complexity index is 1380. The molecule has 0 saturated carbocycles. The van der Waals surface area contributed by atoms with Crippen molar-refractivity contribution in [3.8, 4) is 23.1 Å². The highest BCUT2D eigenvalue weighted by molar-refractivity contribution is 5.95. The number of hydrogen-bond acceptors (Lipinski definition) is 7. The summed E-state index contributed by atoms with van der Waals surface area (Å²) in [5.41, 5.74) is 8.99. The molecule has 0 radical (unpaired) electrons. The highest BCUT2D eigenvalue weighted by Gasteiger charge is 2.22. The summed E-state index contributed by atoms with van der Waals surface area (Å²) in [5.74, 6) is 0.447. The summed E-state index contributed by atoms with van der Waals surface area (Å²) in [6, 6.07) is 14.2. The van der Waals surface area contributed by atoms with Gasteiger partial charge in [-0.3, -0.25) is 9.59 Å². The van der Waals surface area contributed by atoms with Crippen LogP contribution in [-0.2, 0) is 23.2 Å². The molecule has 1 heterocycles. The number of ether oxygens (including phenoxy) is 1. The van der Waals surface area contributed by atoms with Crippen LogP contribution in [0.15, 0.2) is 48.7 Å². The number of imidazole rings is 1. The van der Waals surface area contributed by atoms with Gasteiger partial charge in [-0.2, -0.15) is 5.26 Å². The van der Waals surface area contributed by atoms with Gasteiger partial charge in [0.25, 0.3) is 5.91 Å². The number of nitrogens with two attached hydrogens (primary N) is 1. The molecule has 218 valence electrons. The summed E-state index contributed by atoms with van der Waals surface area (Å²) < 4.78 is 7.74. The van der Waals surface area contributed by atoms with E-state index in [9.17, 15) is 14.9 Å². The van der Waals surface area contributed by atoms with E-state index in [2.05, 4.69) is 42.0 Å². The molecule has 41 heavy (non-hydrogen) atoms. The van der Waals surface area contributed by atoms with E-state index in [4.69, 9.17) is 20.6 Å². The molecule has 0 saturated heterocycles. The number of nitriles is 1. The average Bonchev–Trinajstić information content (AvgIpc) is 3.36. The highest BCUT2D eigenvalue weighted by atomic mass is 16.5. The molecule has 0 unspecified atom stereocenters. The smallest absolute Gasteiger partial charge is 0.251 e. The first-order chi connectivity index (χ1) is 19.4. The van der Waals surface area contributed by atoms with Crippen molar-refractivity contribution in [2.75, 3.05) is 19.7 Å². The van der Waals surface area contributed by atoms with Crippen molar-refractivity contribution < 1.29 is 19.4 Å². The zero-order chi connectivity index (χ0) is 30.2. The first kappa shape index (κ1) is 31.3. The predicted octanol–water partition coefficient (Wildman–Crippen LogP) is 2.91. The maximum absolute atomic E-state index is 13.1. The standard InChI is InChI=1S/C31H40N6O4/c1-20(2)41-27-11-10-23(15-24(27)16-33)29(40)35-25(17-34-28(39)19-38)14-21-6-8-22(9-7-21)26-18-37(13-12-32)30(36-26)31(3,4)5/h6-11,15,18,20,25,38H,12-14,17,19,32H2,1-5H3,(H,34,39)(H,35,40)/t25-/m0/s1. The summed E-state index contributed by atoms with van der Waals surface area (Å²) in [6.07, 6.45) is 2.32. The number of aromatic nitrogens is 2. The monoisotopic (exact) mass is 560 g/mol. The second-order valence-electron chi connectivity index (χ2n) is 11.2. The van der Waals surface area contributed by atoms with Gasteiger partial charge in [0, 0.05) is 42.4 Å². The first-order valence-corrected chi connectivity index (χ1v) is 13.7. The van der Waals surface area contributed by atoms with Gasteiger partial charge in [0.05, 0.1) is 23.4 Å². The second-order valence-corrected chi connectivity index (χ2v) is 11.2. The summed E-state index contributed by atoms with van der Waals surface area (Å²) in [5, 5.41) is 24.2. The largest absolute Gasteiger partial charge is 0.490 e. The van der Waals surface area contributed by atoms with E-state index in [1.165, 1.54) is 6.07 Å². The maximum atomic E-state index is 13.1. The van der Waals surface area contributed by atoms with Crippen molar-refractivity contribution in [1.82, 2.24) is 20.2 Å². The number of rotatable bonds is 12. The van der Waals surface area contributed by atoms with Crippen molar-refractivity contribution in [2.45, 2.75) is 65.1 Å². The minimum Gasteiger partial charge on any atom is -0.490 e. The van der Waals surface area contributed by atoms with E-state index in [-0.39, 0.29) is 23.6 Å². The van der Waals surface area contributed by atoms with Gasteiger partial charge in [0.2, 0.25) is 5.91 Å². The van der Waals surface area contributed by atoms with Crippen molar-refractivity contribution in [3.63, 3.8) is 0 Å². The normalized spacial score (nSPS) is 12.1. The van der Waals surface area contributed by atoms with Crippen molar-refractivity contribution in [3.05, 3.63) is 71.2 Å². The Kier molecular flexibility index (Phi) is 10.6. The Hall–Kier alpha value is -4.20. The second kappa shape index (κ2) is 13.9. The summed E-state index contributed by atoms with van der Waals surface area (Å²) in [7, 11) is 0.